The summed E-state index contributed by atoms with van der Waals surface area (Å²) >= 11 is 0. The number of benzene rings is 1. The Morgan fingerprint density at radius 2 is 2.29 bits per heavy atom. The maximum Gasteiger partial charge on any atom is 0.325 e. The second-order valence-electron chi connectivity index (χ2n) is 4.51. The summed E-state index contributed by atoms with van der Waals surface area (Å²) in [4.78, 5) is 11.0. The molecule has 1 unspecified atom stereocenters. The second kappa shape index (κ2) is 3.60. The van der Waals surface area contributed by atoms with Crippen LogP contribution in [0.1, 0.15) is 23.6 Å². The predicted octanol–water partition coefficient (Wildman–Crippen LogP) is 1.67. The van der Waals surface area contributed by atoms with Crippen molar-refractivity contribution < 1.29 is 9.90 Å². The molecular weight excluding hydrogens is 216 g/mol. The van der Waals surface area contributed by atoms with Gasteiger partial charge in [-0.05, 0) is 18.4 Å². The fourth-order valence-corrected chi connectivity index (χ4v) is 2.66. The molecule has 88 valence electrons. The molecule has 1 aliphatic heterocycles. The Balaban J connectivity index is 2.29. The highest BCUT2D eigenvalue weighted by molar-refractivity contribution is 5.91. The van der Waals surface area contributed by atoms with Crippen molar-refractivity contribution in [1.82, 2.24) is 4.57 Å². The third-order valence-electron chi connectivity index (χ3n) is 3.46. The quantitative estimate of drug-likeness (QED) is 0.824. The van der Waals surface area contributed by atoms with Gasteiger partial charge in [-0.25, -0.2) is 0 Å². The fraction of sp³-hybridized carbons (Fsp3) is 0.308. The van der Waals surface area contributed by atoms with Gasteiger partial charge in [-0.1, -0.05) is 18.2 Å². The molecule has 4 heteroatoms. The van der Waals surface area contributed by atoms with Crippen LogP contribution in [0.2, 0.25) is 0 Å². The number of carbonyl (C=O) groups is 1. The number of carboxylic acids is 1. The Hall–Kier alpha value is -1.81. The van der Waals surface area contributed by atoms with Crippen LogP contribution < -0.4 is 5.73 Å². The number of nitrogens with two attached hydrogens (primary N) is 1. The van der Waals surface area contributed by atoms with Crippen LogP contribution in [0.5, 0.6) is 0 Å². The van der Waals surface area contributed by atoms with Gasteiger partial charge in [0.05, 0.1) is 5.52 Å². The molecule has 2 aromatic rings. The van der Waals surface area contributed by atoms with E-state index in [0.717, 1.165) is 35.9 Å². The van der Waals surface area contributed by atoms with E-state index < -0.39 is 12.0 Å². The van der Waals surface area contributed by atoms with Crippen molar-refractivity contribution in [2.45, 2.75) is 25.4 Å². The SMILES string of the molecule is NC(C(=O)O)c1cn2c3c(cccc13)CCC2. The molecule has 1 aromatic carbocycles. The number of hydrogen-bond donors (Lipinski definition) is 2. The molecule has 1 atom stereocenters. The van der Waals surface area contributed by atoms with E-state index in [1.807, 2.05) is 18.3 Å². The number of aromatic nitrogens is 1. The summed E-state index contributed by atoms with van der Waals surface area (Å²) in [5.74, 6) is -0.978. The molecule has 17 heavy (non-hydrogen) atoms. The lowest BCUT2D eigenvalue weighted by molar-refractivity contribution is -0.138. The summed E-state index contributed by atoms with van der Waals surface area (Å²) in [6, 6.07) is 5.10. The van der Waals surface area contributed by atoms with E-state index in [4.69, 9.17) is 10.8 Å². The molecule has 0 radical (unpaired) electrons. The first-order valence-corrected chi connectivity index (χ1v) is 5.77. The Bertz CT molecular complexity index is 601. The predicted molar refractivity (Wildman–Crippen MR) is 64.8 cm³/mol. The van der Waals surface area contributed by atoms with Crippen LogP contribution in [0, 0.1) is 0 Å². The summed E-state index contributed by atoms with van der Waals surface area (Å²) in [6.45, 7) is 0.944. The molecule has 1 aliphatic rings. The molecule has 3 N–H and O–H groups in total. The zero-order valence-electron chi connectivity index (χ0n) is 9.39. The molecule has 1 aromatic heterocycles. The van der Waals surface area contributed by atoms with Gasteiger partial charge in [-0.2, -0.15) is 0 Å². The van der Waals surface area contributed by atoms with Crippen molar-refractivity contribution >= 4 is 16.9 Å². The first-order chi connectivity index (χ1) is 8.18. The highest BCUT2D eigenvalue weighted by Crippen LogP contribution is 2.31. The largest absolute Gasteiger partial charge is 0.480 e. The summed E-state index contributed by atoms with van der Waals surface area (Å²) in [7, 11) is 0. The third-order valence-corrected chi connectivity index (χ3v) is 3.46. The molecule has 0 amide bonds. The van der Waals surface area contributed by atoms with Crippen LogP contribution in [0.3, 0.4) is 0 Å². The Morgan fingerprint density at radius 1 is 1.47 bits per heavy atom. The van der Waals surface area contributed by atoms with E-state index >= 15 is 0 Å². The number of para-hydroxylation sites is 1. The molecule has 3 rings (SSSR count). The van der Waals surface area contributed by atoms with Crippen LogP contribution in [0.15, 0.2) is 24.4 Å². The lowest BCUT2D eigenvalue weighted by Crippen LogP contribution is -2.20. The minimum Gasteiger partial charge on any atom is -0.480 e. The summed E-state index contributed by atoms with van der Waals surface area (Å²) in [5.41, 5.74) is 8.90. The van der Waals surface area contributed by atoms with E-state index in [9.17, 15) is 4.79 Å². The zero-order valence-corrected chi connectivity index (χ0v) is 9.39. The Kier molecular flexibility index (Phi) is 2.19. The van der Waals surface area contributed by atoms with Crippen molar-refractivity contribution in [2.24, 2.45) is 5.73 Å². The first-order valence-electron chi connectivity index (χ1n) is 5.77. The van der Waals surface area contributed by atoms with E-state index in [1.54, 1.807) is 0 Å². The van der Waals surface area contributed by atoms with Crippen LogP contribution in [0.4, 0.5) is 0 Å². The molecular formula is C13H14N2O2. The van der Waals surface area contributed by atoms with E-state index in [1.165, 1.54) is 5.56 Å². The van der Waals surface area contributed by atoms with E-state index in [2.05, 4.69) is 10.6 Å². The standard InChI is InChI=1S/C13H14N2O2/c14-11(13(16)17)10-7-15-6-2-4-8-3-1-5-9(10)12(8)15/h1,3,5,7,11H,2,4,6,14H2,(H,16,17). The van der Waals surface area contributed by atoms with Crippen LogP contribution >= 0.6 is 0 Å². The summed E-state index contributed by atoms with van der Waals surface area (Å²) in [5, 5.41) is 10.0. The van der Waals surface area contributed by atoms with Crippen molar-refractivity contribution in [3.8, 4) is 0 Å². The van der Waals surface area contributed by atoms with Gasteiger partial charge >= 0.3 is 5.97 Å². The minimum absolute atomic E-state index is 0.719. The average Bonchev–Trinajstić information content (AvgIpc) is 2.70. The Morgan fingerprint density at radius 3 is 3.06 bits per heavy atom. The van der Waals surface area contributed by atoms with Gasteiger partial charge in [0.15, 0.2) is 0 Å². The average molecular weight is 230 g/mol. The molecule has 0 saturated heterocycles. The number of aliphatic carboxylic acids is 1. The van der Waals surface area contributed by atoms with Crippen LogP contribution in [-0.2, 0) is 17.8 Å². The normalized spacial score (nSPS) is 16.1. The van der Waals surface area contributed by atoms with Crippen LogP contribution in [0.25, 0.3) is 10.9 Å². The van der Waals surface area contributed by atoms with Gasteiger partial charge in [-0.15, -0.1) is 0 Å². The first kappa shape index (κ1) is 10.4. The molecule has 0 aliphatic carbocycles. The second-order valence-corrected chi connectivity index (χ2v) is 4.51. The molecule has 0 bridgehead atoms. The van der Waals surface area contributed by atoms with Gasteiger partial charge < -0.3 is 15.4 Å². The van der Waals surface area contributed by atoms with Crippen LogP contribution in [-0.4, -0.2) is 15.6 Å². The number of hydrogen-bond acceptors (Lipinski definition) is 2. The van der Waals surface area contributed by atoms with Gasteiger partial charge in [0.1, 0.15) is 6.04 Å². The number of carboxylic acid groups (broad SMARTS) is 1. The number of rotatable bonds is 2. The smallest absolute Gasteiger partial charge is 0.325 e. The summed E-state index contributed by atoms with van der Waals surface area (Å²) < 4.78 is 2.13. The van der Waals surface area contributed by atoms with Crippen molar-refractivity contribution in [2.75, 3.05) is 0 Å². The Labute approximate surface area is 98.6 Å². The fourth-order valence-electron chi connectivity index (χ4n) is 2.66. The van der Waals surface area contributed by atoms with E-state index in [-0.39, 0.29) is 0 Å². The molecule has 0 spiro atoms. The highest BCUT2D eigenvalue weighted by atomic mass is 16.4. The lowest BCUT2D eigenvalue weighted by Gasteiger charge is -2.14. The maximum absolute atomic E-state index is 11.0. The van der Waals surface area contributed by atoms with Gasteiger partial charge in [0.2, 0.25) is 0 Å². The molecule has 0 fully saturated rings. The topological polar surface area (TPSA) is 68.2 Å². The summed E-state index contributed by atoms with van der Waals surface area (Å²) in [6.07, 6.45) is 4.05. The van der Waals surface area contributed by atoms with Crippen molar-refractivity contribution in [1.29, 1.82) is 0 Å². The molecule has 2 heterocycles. The molecule has 4 nitrogen and oxygen atoms in total. The van der Waals surface area contributed by atoms with Gasteiger partial charge in [-0.3, -0.25) is 4.79 Å². The lowest BCUT2D eigenvalue weighted by atomic mass is 10.0. The number of nitrogens with zero attached hydrogens (tertiary/aromatic N) is 1. The molecule has 0 saturated carbocycles. The number of aryl methyl sites for hydroxylation is 2. The van der Waals surface area contributed by atoms with E-state index in [0.29, 0.717) is 0 Å². The monoisotopic (exact) mass is 230 g/mol. The maximum atomic E-state index is 11.0. The van der Waals surface area contributed by atoms with Gasteiger partial charge in [0.25, 0.3) is 0 Å². The third kappa shape index (κ3) is 1.45. The van der Waals surface area contributed by atoms with Crippen molar-refractivity contribution in [3.05, 3.63) is 35.5 Å². The van der Waals surface area contributed by atoms with Crippen molar-refractivity contribution in [3.63, 3.8) is 0 Å². The zero-order chi connectivity index (χ0) is 12.0. The van der Waals surface area contributed by atoms with Gasteiger partial charge in [0, 0.05) is 23.7 Å². The minimum atomic E-state index is -0.978. The highest BCUT2D eigenvalue weighted by Gasteiger charge is 2.22.